The smallest absolute Gasteiger partial charge is 0.272 e. The van der Waals surface area contributed by atoms with Gasteiger partial charge >= 0.3 is 0 Å². The van der Waals surface area contributed by atoms with Gasteiger partial charge in [-0.25, -0.2) is 0 Å². The van der Waals surface area contributed by atoms with Crippen LogP contribution in [0.5, 0.6) is 0 Å². The summed E-state index contributed by atoms with van der Waals surface area (Å²) in [7, 11) is 0. The Morgan fingerprint density at radius 3 is 3.00 bits per heavy atom. The molecule has 3 atom stereocenters. The van der Waals surface area contributed by atoms with E-state index in [1.807, 2.05) is 24.8 Å². The van der Waals surface area contributed by atoms with E-state index >= 15 is 0 Å². The second-order valence-electron chi connectivity index (χ2n) is 7.30. The number of fused-ring (bicyclic) bond motifs is 1. The van der Waals surface area contributed by atoms with Gasteiger partial charge in [0.15, 0.2) is 0 Å². The maximum Gasteiger partial charge on any atom is 0.272 e. The van der Waals surface area contributed by atoms with Gasteiger partial charge in [-0.05, 0) is 51.5 Å². The van der Waals surface area contributed by atoms with Crippen LogP contribution in [0.3, 0.4) is 0 Å². The predicted molar refractivity (Wildman–Crippen MR) is 88.9 cm³/mol. The van der Waals surface area contributed by atoms with Gasteiger partial charge in [0, 0.05) is 19.8 Å². The molecule has 0 bridgehead atoms. The highest BCUT2D eigenvalue weighted by atomic mass is 16.5. The number of hydrogen-bond donors (Lipinski definition) is 0. The SMILES string of the molecule is CCn1nc(C)cc1C(=O)N1C[C@@H](OCC2CC2)[C@@H]2OCCC[C@@H]21. The van der Waals surface area contributed by atoms with Crippen molar-refractivity contribution in [2.75, 3.05) is 19.8 Å². The van der Waals surface area contributed by atoms with Gasteiger partial charge in [0.1, 0.15) is 17.9 Å². The third-order valence-corrected chi connectivity index (χ3v) is 5.40. The lowest BCUT2D eigenvalue weighted by molar-refractivity contribution is -0.0781. The summed E-state index contributed by atoms with van der Waals surface area (Å²) in [6.07, 6.45) is 4.60. The number of amides is 1. The molecule has 3 aliphatic rings. The second-order valence-corrected chi connectivity index (χ2v) is 7.30. The number of ether oxygens (including phenoxy) is 2. The van der Waals surface area contributed by atoms with Crippen molar-refractivity contribution in [3.05, 3.63) is 17.5 Å². The Balaban J connectivity index is 1.53. The van der Waals surface area contributed by atoms with Crippen LogP contribution in [0.1, 0.15) is 48.8 Å². The molecule has 1 aromatic rings. The zero-order valence-corrected chi connectivity index (χ0v) is 14.6. The van der Waals surface area contributed by atoms with Crippen LogP contribution in [-0.2, 0) is 16.0 Å². The molecule has 0 N–H and O–H groups in total. The van der Waals surface area contributed by atoms with Gasteiger partial charge in [-0.3, -0.25) is 9.48 Å². The summed E-state index contributed by atoms with van der Waals surface area (Å²) in [5, 5.41) is 4.42. The molecular weight excluding hydrogens is 306 g/mol. The Kier molecular flexibility index (Phi) is 4.35. The lowest BCUT2D eigenvalue weighted by atomic mass is 10.0. The van der Waals surface area contributed by atoms with Gasteiger partial charge in [-0.1, -0.05) is 0 Å². The molecule has 2 saturated heterocycles. The molecule has 1 aromatic heterocycles. The molecular formula is C18H27N3O3. The molecule has 3 fully saturated rings. The van der Waals surface area contributed by atoms with Crippen molar-refractivity contribution >= 4 is 5.91 Å². The predicted octanol–water partition coefficient (Wildman–Crippen LogP) is 2.01. The largest absolute Gasteiger partial charge is 0.373 e. The Morgan fingerprint density at radius 1 is 1.42 bits per heavy atom. The van der Waals surface area contributed by atoms with Gasteiger partial charge in [0.05, 0.1) is 18.3 Å². The van der Waals surface area contributed by atoms with Crippen molar-refractivity contribution < 1.29 is 14.3 Å². The molecule has 1 saturated carbocycles. The van der Waals surface area contributed by atoms with Gasteiger partial charge in [-0.15, -0.1) is 0 Å². The van der Waals surface area contributed by atoms with Crippen LogP contribution in [0.25, 0.3) is 0 Å². The van der Waals surface area contributed by atoms with Crippen molar-refractivity contribution in [3.63, 3.8) is 0 Å². The van der Waals surface area contributed by atoms with Crippen LogP contribution >= 0.6 is 0 Å². The van der Waals surface area contributed by atoms with Crippen LogP contribution < -0.4 is 0 Å². The van der Waals surface area contributed by atoms with Crippen LogP contribution in [0.15, 0.2) is 6.07 Å². The molecule has 6 nitrogen and oxygen atoms in total. The van der Waals surface area contributed by atoms with Crippen molar-refractivity contribution in [2.24, 2.45) is 5.92 Å². The van der Waals surface area contributed by atoms with E-state index in [4.69, 9.17) is 9.47 Å². The highest BCUT2D eigenvalue weighted by molar-refractivity contribution is 5.93. The Morgan fingerprint density at radius 2 is 2.25 bits per heavy atom. The minimum Gasteiger partial charge on any atom is -0.373 e. The number of nitrogens with zero attached hydrogens (tertiary/aromatic N) is 3. The molecule has 6 heteroatoms. The standard InChI is InChI=1S/C18H27N3O3/c1-3-21-15(9-12(2)19-21)18(22)20-10-16(24-11-13-6-7-13)17-14(20)5-4-8-23-17/h9,13-14,16-17H,3-8,10-11H2,1-2H3/t14-,16+,17+/m0/s1. The summed E-state index contributed by atoms with van der Waals surface area (Å²) in [4.78, 5) is 15.1. The van der Waals surface area contributed by atoms with E-state index in [1.54, 1.807) is 4.68 Å². The van der Waals surface area contributed by atoms with Gasteiger partial charge in [0.25, 0.3) is 5.91 Å². The molecule has 0 radical (unpaired) electrons. The minimum absolute atomic E-state index is 0.0129. The summed E-state index contributed by atoms with van der Waals surface area (Å²) in [5.41, 5.74) is 1.57. The number of aryl methyl sites for hydroxylation is 2. The molecule has 24 heavy (non-hydrogen) atoms. The van der Waals surface area contributed by atoms with Crippen LogP contribution in [0.4, 0.5) is 0 Å². The summed E-state index contributed by atoms with van der Waals surface area (Å²) in [6.45, 7) is 6.87. The normalized spacial score (nSPS) is 29.8. The van der Waals surface area contributed by atoms with E-state index in [0.29, 0.717) is 18.8 Å². The zero-order chi connectivity index (χ0) is 16.7. The number of rotatable bonds is 5. The van der Waals surface area contributed by atoms with Crippen molar-refractivity contribution in [1.29, 1.82) is 0 Å². The molecule has 0 spiro atoms. The first-order valence-corrected chi connectivity index (χ1v) is 9.26. The molecule has 1 amide bonds. The van der Waals surface area contributed by atoms with Gasteiger partial charge < -0.3 is 14.4 Å². The quantitative estimate of drug-likeness (QED) is 0.827. The molecule has 3 heterocycles. The summed E-state index contributed by atoms with van der Waals surface area (Å²) < 4.78 is 13.9. The fourth-order valence-corrected chi connectivity index (χ4v) is 3.94. The lowest BCUT2D eigenvalue weighted by Gasteiger charge is -2.32. The zero-order valence-electron chi connectivity index (χ0n) is 14.6. The summed E-state index contributed by atoms with van der Waals surface area (Å²) >= 11 is 0. The minimum atomic E-state index is 0.0129. The van der Waals surface area contributed by atoms with Crippen molar-refractivity contribution in [2.45, 2.75) is 64.3 Å². The first-order chi connectivity index (χ1) is 11.7. The Labute approximate surface area is 143 Å². The second kappa shape index (κ2) is 6.48. The summed E-state index contributed by atoms with van der Waals surface area (Å²) in [5.74, 6) is 0.788. The fraction of sp³-hybridized carbons (Fsp3) is 0.778. The number of aromatic nitrogens is 2. The van der Waals surface area contributed by atoms with Crippen LogP contribution in [-0.4, -0.2) is 58.6 Å². The first-order valence-electron chi connectivity index (χ1n) is 9.26. The molecule has 1 aliphatic carbocycles. The maximum atomic E-state index is 13.1. The van der Waals surface area contributed by atoms with Crippen molar-refractivity contribution in [1.82, 2.24) is 14.7 Å². The Hall–Kier alpha value is -1.40. The molecule has 132 valence electrons. The topological polar surface area (TPSA) is 56.6 Å². The van der Waals surface area contributed by atoms with Crippen molar-refractivity contribution in [3.8, 4) is 0 Å². The first kappa shape index (κ1) is 16.1. The fourth-order valence-electron chi connectivity index (χ4n) is 3.94. The third kappa shape index (κ3) is 2.97. The number of hydrogen-bond acceptors (Lipinski definition) is 4. The summed E-state index contributed by atoms with van der Waals surface area (Å²) in [6, 6.07) is 2.03. The average molecular weight is 333 g/mol. The van der Waals surface area contributed by atoms with Gasteiger partial charge in [0.2, 0.25) is 0 Å². The molecule has 0 unspecified atom stereocenters. The van der Waals surface area contributed by atoms with Crippen LogP contribution in [0.2, 0.25) is 0 Å². The monoisotopic (exact) mass is 333 g/mol. The highest BCUT2D eigenvalue weighted by Gasteiger charge is 2.47. The van der Waals surface area contributed by atoms with E-state index < -0.39 is 0 Å². The number of likely N-dealkylation sites (tertiary alicyclic amines) is 1. The molecule has 4 rings (SSSR count). The van der Waals surface area contributed by atoms with E-state index in [0.717, 1.165) is 37.7 Å². The molecule has 0 aromatic carbocycles. The average Bonchev–Trinajstić information content (AvgIpc) is 3.24. The van der Waals surface area contributed by atoms with E-state index in [2.05, 4.69) is 5.10 Å². The maximum absolute atomic E-state index is 13.1. The molecule has 2 aliphatic heterocycles. The van der Waals surface area contributed by atoms with E-state index in [1.165, 1.54) is 12.8 Å². The Bertz CT molecular complexity index is 611. The van der Waals surface area contributed by atoms with Gasteiger partial charge in [-0.2, -0.15) is 5.10 Å². The number of carbonyl (C=O) groups is 1. The van der Waals surface area contributed by atoms with Crippen LogP contribution in [0, 0.1) is 12.8 Å². The van der Waals surface area contributed by atoms with E-state index in [-0.39, 0.29) is 24.2 Å². The number of carbonyl (C=O) groups excluding carboxylic acids is 1. The van der Waals surface area contributed by atoms with E-state index in [9.17, 15) is 4.79 Å². The third-order valence-electron chi connectivity index (χ3n) is 5.40. The lowest BCUT2D eigenvalue weighted by Crippen LogP contribution is -2.44. The highest BCUT2D eigenvalue weighted by Crippen LogP contribution is 2.34.